The van der Waals surface area contributed by atoms with E-state index in [-0.39, 0.29) is 18.0 Å². The number of rotatable bonds is 2. The van der Waals surface area contributed by atoms with Crippen LogP contribution >= 0.6 is 0 Å². The molecule has 1 saturated carbocycles. The average molecular weight is 218 g/mol. The van der Waals surface area contributed by atoms with Gasteiger partial charge in [0.2, 0.25) is 0 Å². The van der Waals surface area contributed by atoms with Crippen LogP contribution in [-0.2, 0) is 9.53 Å². The van der Waals surface area contributed by atoms with E-state index in [1.54, 1.807) is 0 Å². The third-order valence-electron chi connectivity index (χ3n) is 3.34. The lowest BCUT2D eigenvalue weighted by atomic mass is 10.2. The molecule has 0 aromatic heterocycles. The molecule has 84 valence electrons. The number of fused-ring (bicyclic) bond motifs is 1. The highest BCUT2D eigenvalue weighted by atomic mass is 16.5. The summed E-state index contributed by atoms with van der Waals surface area (Å²) in [6, 6.07) is 7.55. The van der Waals surface area contributed by atoms with Crippen molar-refractivity contribution in [3.05, 3.63) is 29.8 Å². The van der Waals surface area contributed by atoms with Gasteiger partial charge >= 0.3 is 5.97 Å². The second kappa shape index (κ2) is 3.59. The van der Waals surface area contributed by atoms with E-state index in [1.807, 2.05) is 31.2 Å². The molecular weight excluding hydrogens is 204 g/mol. The van der Waals surface area contributed by atoms with Crippen LogP contribution in [-0.4, -0.2) is 18.7 Å². The zero-order valence-corrected chi connectivity index (χ0v) is 9.18. The number of carbonyl (C=O) groups is 1. The van der Waals surface area contributed by atoms with Gasteiger partial charge in [0.1, 0.15) is 5.75 Å². The van der Waals surface area contributed by atoms with Crippen molar-refractivity contribution in [1.29, 1.82) is 0 Å². The Hall–Kier alpha value is -1.35. The van der Waals surface area contributed by atoms with Gasteiger partial charge in [0.15, 0.2) is 0 Å². The summed E-state index contributed by atoms with van der Waals surface area (Å²) >= 11 is 0. The van der Waals surface area contributed by atoms with E-state index in [2.05, 4.69) is 0 Å². The maximum atomic E-state index is 11.8. The minimum Gasteiger partial charge on any atom is -0.426 e. The fraction of sp³-hybridized carbons (Fsp3) is 0.462. The molecule has 2 fully saturated rings. The Bertz CT molecular complexity index is 417. The van der Waals surface area contributed by atoms with E-state index < -0.39 is 0 Å². The second-order valence-corrected chi connectivity index (χ2v) is 4.55. The maximum Gasteiger partial charge on any atom is 0.317 e. The van der Waals surface area contributed by atoms with Crippen LogP contribution in [0.4, 0.5) is 0 Å². The molecule has 0 N–H and O–H groups in total. The fourth-order valence-electron chi connectivity index (χ4n) is 2.43. The van der Waals surface area contributed by atoms with Crippen molar-refractivity contribution in [2.75, 3.05) is 6.61 Å². The van der Waals surface area contributed by atoms with Crippen LogP contribution in [0.5, 0.6) is 5.75 Å². The van der Waals surface area contributed by atoms with Gasteiger partial charge in [-0.25, -0.2) is 0 Å². The van der Waals surface area contributed by atoms with Gasteiger partial charge in [0.25, 0.3) is 0 Å². The van der Waals surface area contributed by atoms with E-state index in [0.29, 0.717) is 11.7 Å². The first-order valence-corrected chi connectivity index (χ1v) is 5.66. The van der Waals surface area contributed by atoms with Crippen molar-refractivity contribution in [1.82, 2.24) is 0 Å². The number of benzene rings is 1. The number of carbonyl (C=O) groups excluding carboxylic acids is 1. The Morgan fingerprint density at radius 3 is 3.06 bits per heavy atom. The number of ether oxygens (including phenoxy) is 2. The Morgan fingerprint density at radius 2 is 2.38 bits per heavy atom. The Kier molecular flexibility index (Phi) is 2.21. The molecule has 3 rings (SSSR count). The molecule has 0 bridgehead atoms. The molecule has 1 heterocycles. The molecule has 3 atom stereocenters. The van der Waals surface area contributed by atoms with Crippen LogP contribution in [0.15, 0.2) is 24.3 Å². The average Bonchev–Trinajstić information content (AvgIpc) is 2.73. The van der Waals surface area contributed by atoms with E-state index in [0.717, 1.165) is 18.6 Å². The number of hydrogen-bond acceptors (Lipinski definition) is 3. The van der Waals surface area contributed by atoms with Gasteiger partial charge in [-0.15, -0.1) is 0 Å². The zero-order valence-electron chi connectivity index (χ0n) is 9.18. The summed E-state index contributed by atoms with van der Waals surface area (Å²) in [5.41, 5.74) is 1.09. The van der Waals surface area contributed by atoms with Crippen LogP contribution in [0.2, 0.25) is 0 Å². The van der Waals surface area contributed by atoms with Crippen molar-refractivity contribution in [2.24, 2.45) is 11.8 Å². The van der Waals surface area contributed by atoms with Crippen molar-refractivity contribution in [3.8, 4) is 5.75 Å². The molecule has 16 heavy (non-hydrogen) atoms. The summed E-state index contributed by atoms with van der Waals surface area (Å²) in [5.74, 6) is 0.891. The highest BCUT2D eigenvalue weighted by Crippen LogP contribution is 2.49. The van der Waals surface area contributed by atoms with E-state index in [1.165, 1.54) is 0 Å². The fourth-order valence-corrected chi connectivity index (χ4v) is 2.43. The van der Waals surface area contributed by atoms with E-state index in [4.69, 9.17) is 9.47 Å². The Morgan fingerprint density at radius 1 is 1.50 bits per heavy atom. The number of esters is 1. The normalized spacial score (nSPS) is 30.9. The minimum absolute atomic E-state index is 0.0192. The van der Waals surface area contributed by atoms with Crippen molar-refractivity contribution >= 4 is 5.97 Å². The van der Waals surface area contributed by atoms with Gasteiger partial charge < -0.3 is 9.47 Å². The van der Waals surface area contributed by atoms with Crippen LogP contribution in [0.3, 0.4) is 0 Å². The van der Waals surface area contributed by atoms with Crippen LogP contribution in [0.25, 0.3) is 0 Å². The summed E-state index contributed by atoms with van der Waals surface area (Å²) in [4.78, 5) is 11.8. The third kappa shape index (κ3) is 1.61. The summed E-state index contributed by atoms with van der Waals surface area (Å²) in [6.45, 7) is 2.77. The van der Waals surface area contributed by atoms with Gasteiger partial charge in [-0.1, -0.05) is 12.1 Å². The number of hydrogen-bond donors (Lipinski definition) is 0. The standard InChI is InChI=1S/C13H14O3/c1-8-3-2-4-9(7-8)16-13(14)11-10-5-6-15-12(10)11/h2-4,7,10-12H,5-6H2,1H3/t10-,11-,12-/m0/s1. The van der Waals surface area contributed by atoms with E-state index >= 15 is 0 Å². The lowest BCUT2D eigenvalue weighted by Crippen LogP contribution is -2.15. The molecule has 0 spiro atoms. The molecule has 1 aliphatic carbocycles. The summed E-state index contributed by atoms with van der Waals surface area (Å²) in [6.07, 6.45) is 1.13. The largest absolute Gasteiger partial charge is 0.426 e. The monoisotopic (exact) mass is 218 g/mol. The van der Waals surface area contributed by atoms with Crippen LogP contribution < -0.4 is 4.74 Å². The quantitative estimate of drug-likeness (QED) is 0.562. The first kappa shape index (κ1) is 9.85. The molecule has 2 aliphatic rings. The van der Waals surface area contributed by atoms with Crippen molar-refractivity contribution < 1.29 is 14.3 Å². The summed E-state index contributed by atoms with van der Waals surface area (Å²) < 4.78 is 10.8. The van der Waals surface area contributed by atoms with Gasteiger partial charge in [-0.2, -0.15) is 0 Å². The van der Waals surface area contributed by atoms with Gasteiger partial charge in [0.05, 0.1) is 12.0 Å². The molecule has 1 saturated heterocycles. The molecule has 3 nitrogen and oxygen atoms in total. The van der Waals surface area contributed by atoms with Crippen LogP contribution in [0.1, 0.15) is 12.0 Å². The Balaban J connectivity index is 1.65. The second-order valence-electron chi connectivity index (χ2n) is 4.55. The molecule has 1 aromatic carbocycles. The lowest BCUT2D eigenvalue weighted by Gasteiger charge is -2.06. The predicted octanol–water partition coefficient (Wildman–Crippen LogP) is 1.94. The topological polar surface area (TPSA) is 35.5 Å². The van der Waals surface area contributed by atoms with Crippen LogP contribution in [0, 0.1) is 18.8 Å². The van der Waals surface area contributed by atoms with Crippen molar-refractivity contribution in [2.45, 2.75) is 19.4 Å². The highest BCUT2D eigenvalue weighted by Gasteiger charge is 2.59. The molecule has 0 amide bonds. The van der Waals surface area contributed by atoms with Gasteiger partial charge in [-0.3, -0.25) is 4.79 Å². The maximum absolute atomic E-state index is 11.8. The highest BCUT2D eigenvalue weighted by molar-refractivity contribution is 5.79. The van der Waals surface area contributed by atoms with Gasteiger partial charge in [-0.05, 0) is 31.0 Å². The molecule has 1 aromatic rings. The SMILES string of the molecule is Cc1cccc(OC(=O)[C@H]2[C@@H]3CCO[C@@H]32)c1. The third-order valence-corrected chi connectivity index (χ3v) is 3.34. The molecule has 1 aliphatic heterocycles. The summed E-state index contributed by atoms with van der Waals surface area (Å²) in [7, 11) is 0. The summed E-state index contributed by atoms with van der Waals surface area (Å²) in [5, 5.41) is 0. The number of aryl methyl sites for hydroxylation is 1. The minimum atomic E-state index is -0.139. The first-order valence-electron chi connectivity index (χ1n) is 5.66. The first-order chi connectivity index (χ1) is 7.75. The zero-order chi connectivity index (χ0) is 11.1. The molecular formula is C13H14O3. The van der Waals surface area contributed by atoms with Gasteiger partial charge in [0, 0.05) is 12.5 Å². The van der Waals surface area contributed by atoms with E-state index in [9.17, 15) is 4.79 Å². The Labute approximate surface area is 94.4 Å². The lowest BCUT2D eigenvalue weighted by molar-refractivity contribution is -0.137. The molecule has 3 heteroatoms. The molecule has 0 unspecified atom stereocenters. The molecule has 0 radical (unpaired) electrons. The smallest absolute Gasteiger partial charge is 0.317 e. The van der Waals surface area contributed by atoms with Crippen molar-refractivity contribution in [3.63, 3.8) is 0 Å². The predicted molar refractivity (Wildman–Crippen MR) is 58.2 cm³/mol.